The SMILES string of the molecule is CCN1C(=O)N(c2ccc(Cl)c(Cl)c2)[P@@](=S)(N(CC)CC)c2cc3c(cc21)OCCO3. The van der Waals surface area contributed by atoms with Crippen LogP contribution in [0, 0.1) is 0 Å². The number of amides is 2. The molecule has 10 heteroatoms. The number of rotatable bonds is 5. The van der Waals surface area contributed by atoms with Crippen molar-refractivity contribution in [3.8, 4) is 11.5 Å². The minimum absolute atomic E-state index is 0.180. The van der Waals surface area contributed by atoms with Crippen LogP contribution in [0.1, 0.15) is 20.8 Å². The number of urea groups is 1. The Morgan fingerprint density at radius 2 is 1.68 bits per heavy atom. The highest BCUT2D eigenvalue weighted by molar-refractivity contribution is 8.18. The van der Waals surface area contributed by atoms with Gasteiger partial charge in [-0.1, -0.05) is 48.9 Å². The normalized spacial score (nSPS) is 20.3. The summed E-state index contributed by atoms with van der Waals surface area (Å²) in [6.45, 7) is 8.88. The Morgan fingerprint density at radius 3 is 2.26 bits per heavy atom. The highest BCUT2D eigenvalue weighted by atomic mass is 35.5. The molecule has 1 atom stereocenters. The molecule has 0 radical (unpaired) electrons. The van der Waals surface area contributed by atoms with Gasteiger partial charge in [0.1, 0.15) is 19.6 Å². The van der Waals surface area contributed by atoms with Crippen molar-refractivity contribution in [3.63, 3.8) is 0 Å². The van der Waals surface area contributed by atoms with E-state index in [0.29, 0.717) is 60.1 Å². The average molecular weight is 500 g/mol. The second-order valence-electron chi connectivity index (χ2n) is 7.10. The maximum Gasteiger partial charge on any atom is 0.334 e. The first kappa shape index (κ1) is 22.7. The van der Waals surface area contributed by atoms with Gasteiger partial charge in [0, 0.05) is 31.0 Å². The number of ether oxygens (including phenoxy) is 2. The molecule has 0 unspecified atom stereocenters. The highest BCUT2D eigenvalue weighted by Gasteiger charge is 2.46. The van der Waals surface area contributed by atoms with Crippen molar-refractivity contribution < 1.29 is 14.3 Å². The molecule has 0 spiro atoms. The maximum absolute atomic E-state index is 13.9. The van der Waals surface area contributed by atoms with Crippen molar-refractivity contribution in [3.05, 3.63) is 40.4 Å². The fraction of sp³-hybridized carbons (Fsp3) is 0.381. The molecule has 6 nitrogen and oxygen atoms in total. The molecule has 2 aromatic rings. The van der Waals surface area contributed by atoms with Crippen LogP contribution in [0.15, 0.2) is 30.3 Å². The van der Waals surface area contributed by atoms with E-state index in [1.165, 1.54) is 0 Å². The van der Waals surface area contributed by atoms with E-state index in [9.17, 15) is 4.79 Å². The number of carbonyl (C=O) groups is 1. The summed E-state index contributed by atoms with van der Waals surface area (Å²) in [6.07, 6.45) is -2.76. The summed E-state index contributed by atoms with van der Waals surface area (Å²) >= 11 is 18.9. The van der Waals surface area contributed by atoms with E-state index < -0.39 is 6.34 Å². The minimum atomic E-state index is -2.76. The lowest BCUT2D eigenvalue weighted by atomic mass is 10.2. The van der Waals surface area contributed by atoms with Gasteiger partial charge in [-0.15, -0.1) is 0 Å². The van der Waals surface area contributed by atoms with Crippen molar-refractivity contribution in [2.45, 2.75) is 20.8 Å². The summed E-state index contributed by atoms with van der Waals surface area (Å²) in [5, 5.41) is 1.71. The molecule has 0 aliphatic carbocycles. The molecule has 166 valence electrons. The number of halogens is 2. The van der Waals surface area contributed by atoms with Crippen LogP contribution in [0.3, 0.4) is 0 Å². The van der Waals surface area contributed by atoms with Crippen LogP contribution in [0.5, 0.6) is 11.5 Å². The number of nitrogens with zero attached hydrogens (tertiary/aromatic N) is 3. The van der Waals surface area contributed by atoms with E-state index in [1.807, 2.05) is 19.1 Å². The summed E-state index contributed by atoms with van der Waals surface area (Å²) in [5.74, 6) is 1.30. The number of carbonyl (C=O) groups excluding carboxylic acids is 1. The molecule has 0 saturated heterocycles. The molecule has 2 heterocycles. The van der Waals surface area contributed by atoms with Crippen molar-refractivity contribution in [1.29, 1.82) is 0 Å². The van der Waals surface area contributed by atoms with Crippen LogP contribution in [-0.2, 0) is 11.8 Å². The van der Waals surface area contributed by atoms with Gasteiger partial charge in [-0.25, -0.2) is 9.46 Å². The number of anilines is 2. The van der Waals surface area contributed by atoms with Gasteiger partial charge in [0.2, 0.25) is 0 Å². The van der Waals surface area contributed by atoms with Crippen LogP contribution in [0.4, 0.5) is 16.2 Å². The van der Waals surface area contributed by atoms with Crippen LogP contribution in [0.25, 0.3) is 0 Å². The molecule has 2 amide bonds. The highest BCUT2D eigenvalue weighted by Crippen LogP contribution is 2.60. The third-order valence-electron chi connectivity index (χ3n) is 5.50. The van der Waals surface area contributed by atoms with Crippen molar-refractivity contribution >= 4 is 64.1 Å². The van der Waals surface area contributed by atoms with Crippen LogP contribution in [0.2, 0.25) is 10.0 Å². The molecule has 0 saturated carbocycles. The van der Waals surface area contributed by atoms with E-state index in [2.05, 4.69) is 18.5 Å². The maximum atomic E-state index is 13.9. The summed E-state index contributed by atoms with van der Waals surface area (Å²) < 4.78 is 15.6. The molecular formula is C21H24Cl2N3O3PS. The molecule has 2 aliphatic rings. The van der Waals surface area contributed by atoms with Gasteiger partial charge in [0.25, 0.3) is 0 Å². The number of benzene rings is 2. The van der Waals surface area contributed by atoms with E-state index in [4.69, 9.17) is 44.5 Å². The summed E-state index contributed by atoms with van der Waals surface area (Å²) in [7, 11) is 0. The third-order valence-corrected chi connectivity index (χ3v) is 11.3. The lowest BCUT2D eigenvalue weighted by Crippen LogP contribution is -2.53. The Hall–Kier alpha value is -1.50. The molecule has 4 rings (SSSR count). The van der Waals surface area contributed by atoms with E-state index >= 15 is 0 Å². The zero-order valence-corrected chi connectivity index (χ0v) is 20.8. The quantitative estimate of drug-likeness (QED) is 0.507. The Kier molecular flexibility index (Phi) is 6.44. The van der Waals surface area contributed by atoms with Gasteiger partial charge < -0.3 is 9.47 Å². The van der Waals surface area contributed by atoms with Gasteiger partial charge in [0.15, 0.2) is 11.5 Å². The van der Waals surface area contributed by atoms with E-state index in [0.717, 1.165) is 11.0 Å². The van der Waals surface area contributed by atoms with Crippen molar-refractivity contribution in [1.82, 2.24) is 4.67 Å². The zero-order chi connectivity index (χ0) is 22.3. The lowest BCUT2D eigenvalue weighted by molar-refractivity contribution is 0.172. The van der Waals surface area contributed by atoms with E-state index in [-0.39, 0.29) is 6.03 Å². The van der Waals surface area contributed by atoms with Crippen LogP contribution in [-0.4, -0.2) is 43.5 Å². The first-order valence-corrected chi connectivity index (χ1v) is 13.7. The topological polar surface area (TPSA) is 45.3 Å². The first-order valence-electron chi connectivity index (χ1n) is 10.2. The fourth-order valence-corrected chi connectivity index (χ4v) is 9.04. The average Bonchev–Trinajstić information content (AvgIpc) is 2.76. The van der Waals surface area contributed by atoms with Crippen LogP contribution >= 0.6 is 29.5 Å². The van der Waals surface area contributed by atoms with Crippen molar-refractivity contribution in [2.24, 2.45) is 0 Å². The Labute approximate surface area is 197 Å². The molecule has 2 aromatic carbocycles. The third kappa shape index (κ3) is 3.61. The van der Waals surface area contributed by atoms with Gasteiger partial charge in [0.05, 0.1) is 21.4 Å². The molecule has 0 fully saturated rings. The fourth-order valence-electron chi connectivity index (χ4n) is 4.03. The predicted octanol–water partition coefficient (Wildman–Crippen LogP) is 5.51. The minimum Gasteiger partial charge on any atom is -0.486 e. The molecule has 2 aliphatic heterocycles. The van der Waals surface area contributed by atoms with Gasteiger partial charge in [-0.05, 0) is 31.2 Å². The molecule has 0 aromatic heterocycles. The number of hydrogen-bond donors (Lipinski definition) is 0. The Bertz CT molecular complexity index is 1080. The Morgan fingerprint density at radius 1 is 1.03 bits per heavy atom. The number of hydrogen-bond acceptors (Lipinski definition) is 4. The standard InChI is InChI=1S/C21H24Cl2N3O3PS/c1-4-24(5-2)30(31)20-13-19-18(28-9-10-29-19)12-17(20)25(6-3)21(27)26(30)14-7-8-15(22)16(23)11-14/h7-8,11-13H,4-6,9-10H2,1-3H3/t30-/m0/s1. The molecular weight excluding hydrogens is 476 g/mol. The lowest BCUT2D eigenvalue weighted by Gasteiger charge is -2.49. The second kappa shape index (κ2) is 8.80. The summed E-state index contributed by atoms with van der Waals surface area (Å²) in [4.78, 5) is 15.6. The zero-order valence-electron chi connectivity index (χ0n) is 17.6. The summed E-state index contributed by atoms with van der Waals surface area (Å²) in [6, 6.07) is 8.88. The smallest absolute Gasteiger partial charge is 0.334 e. The first-order chi connectivity index (χ1) is 14.9. The molecule has 31 heavy (non-hydrogen) atoms. The van der Waals surface area contributed by atoms with Crippen molar-refractivity contribution in [2.75, 3.05) is 42.4 Å². The largest absolute Gasteiger partial charge is 0.486 e. The summed E-state index contributed by atoms with van der Waals surface area (Å²) in [5.41, 5.74) is 1.41. The number of fused-ring (bicyclic) bond motifs is 2. The van der Waals surface area contributed by atoms with Gasteiger partial charge in [-0.2, -0.15) is 0 Å². The van der Waals surface area contributed by atoms with Gasteiger partial charge >= 0.3 is 6.03 Å². The van der Waals surface area contributed by atoms with Crippen LogP contribution < -0.4 is 24.3 Å². The van der Waals surface area contributed by atoms with Gasteiger partial charge in [-0.3, -0.25) is 9.57 Å². The molecule has 0 bridgehead atoms. The Balaban J connectivity index is 2.02. The second-order valence-corrected chi connectivity index (χ2v) is 12.0. The monoisotopic (exact) mass is 499 g/mol. The van der Waals surface area contributed by atoms with E-state index in [1.54, 1.807) is 27.8 Å². The predicted molar refractivity (Wildman–Crippen MR) is 132 cm³/mol. The molecule has 0 N–H and O–H groups in total.